The van der Waals surface area contributed by atoms with Crippen LogP contribution in [-0.2, 0) is 16.1 Å². The lowest BCUT2D eigenvalue weighted by Gasteiger charge is -2.16. The third-order valence-corrected chi connectivity index (χ3v) is 9.61. The molecule has 15 nitrogen and oxygen atoms in total. The lowest BCUT2D eigenvalue weighted by atomic mass is 10.1. The van der Waals surface area contributed by atoms with Gasteiger partial charge >= 0.3 is 0 Å². The number of aromatic nitrogens is 4. The number of thioether (sulfide) groups is 1. The standard InChI is InChI=1S/C32H37IN8O7S/c33-22-6-4-5-21(15-22)31(45)35-12-3-1-2-7-25(42)34-13-14-49-17-24-27(43)28(44)32(48-24)40-19-39-26-29(37-18-38-30(26)40)36-16-20-8-10-23(11-9-20)41(46)47/h4-6,8-11,15,18-19,24,27-28,32,43-44H,1-3,7,12-14,16-17H2,(H,34,42)(H,35,45)(H,36,37,38)/t24-,27-,28-,32-/m1/s1. The van der Waals surface area contributed by atoms with Crippen LogP contribution in [-0.4, -0.2) is 89.4 Å². The Morgan fingerprint density at radius 3 is 2.61 bits per heavy atom. The monoisotopic (exact) mass is 804 g/mol. The van der Waals surface area contributed by atoms with Gasteiger partial charge in [0.1, 0.15) is 18.5 Å². The zero-order valence-corrected chi connectivity index (χ0v) is 29.4. The van der Waals surface area contributed by atoms with Crippen LogP contribution in [0.25, 0.3) is 11.2 Å². The van der Waals surface area contributed by atoms with E-state index in [4.69, 9.17) is 4.74 Å². The molecule has 2 aromatic carbocycles. The predicted octanol–water partition coefficient (Wildman–Crippen LogP) is 3.41. The molecule has 1 fully saturated rings. The van der Waals surface area contributed by atoms with E-state index in [1.165, 1.54) is 36.5 Å². The first-order chi connectivity index (χ1) is 23.7. The smallest absolute Gasteiger partial charge is 0.269 e. The first-order valence-corrected chi connectivity index (χ1v) is 18.0. The summed E-state index contributed by atoms with van der Waals surface area (Å²) < 4.78 is 8.62. The number of non-ortho nitro benzene ring substituents is 1. The third-order valence-electron chi connectivity index (χ3n) is 7.88. The summed E-state index contributed by atoms with van der Waals surface area (Å²) in [6, 6.07) is 13.6. The molecule has 5 rings (SSSR count). The number of unbranched alkanes of at least 4 members (excludes halogenated alkanes) is 2. The van der Waals surface area contributed by atoms with Crippen LogP contribution >= 0.6 is 34.4 Å². The lowest BCUT2D eigenvalue weighted by Crippen LogP contribution is -2.33. The minimum absolute atomic E-state index is 0.00445. The molecule has 2 aromatic heterocycles. The number of nitrogens with one attached hydrogen (secondary N) is 3. The highest BCUT2D eigenvalue weighted by molar-refractivity contribution is 14.1. The summed E-state index contributed by atoms with van der Waals surface area (Å²) in [7, 11) is 0. The van der Waals surface area contributed by atoms with Crippen molar-refractivity contribution >= 4 is 68.8 Å². The van der Waals surface area contributed by atoms with Gasteiger partial charge < -0.3 is 30.9 Å². The van der Waals surface area contributed by atoms with Crippen LogP contribution in [0.15, 0.2) is 61.2 Å². The number of nitrogens with zero attached hydrogens (tertiary/aromatic N) is 5. The van der Waals surface area contributed by atoms with Crippen LogP contribution in [0.1, 0.15) is 47.8 Å². The van der Waals surface area contributed by atoms with Gasteiger partial charge in [0, 0.05) is 58.8 Å². The minimum atomic E-state index is -1.22. The Balaban J connectivity index is 0.994. The van der Waals surface area contributed by atoms with E-state index < -0.39 is 29.5 Å². The van der Waals surface area contributed by atoms with Crippen molar-refractivity contribution in [1.82, 2.24) is 30.2 Å². The summed E-state index contributed by atoms with van der Waals surface area (Å²) in [6.07, 6.45) is 1.66. The number of ether oxygens (including phenoxy) is 1. The van der Waals surface area contributed by atoms with Gasteiger partial charge in [0.25, 0.3) is 11.6 Å². The number of benzene rings is 2. The Bertz CT molecular complexity index is 1740. The number of halogens is 1. The number of hydrogen-bond acceptors (Lipinski definition) is 12. The first kappa shape index (κ1) is 36.4. The first-order valence-electron chi connectivity index (χ1n) is 15.8. The van der Waals surface area contributed by atoms with E-state index in [9.17, 15) is 29.9 Å². The van der Waals surface area contributed by atoms with Gasteiger partial charge in [0.2, 0.25) is 5.91 Å². The topological polar surface area (TPSA) is 207 Å². The normalized spacial score (nSPS) is 18.8. The van der Waals surface area contributed by atoms with E-state index >= 15 is 0 Å². The number of imidazole rings is 1. The van der Waals surface area contributed by atoms with Crippen LogP contribution in [0.3, 0.4) is 0 Å². The lowest BCUT2D eigenvalue weighted by molar-refractivity contribution is -0.384. The third kappa shape index (κ3) is 9.84. The van der Waals surface area contributed by atoms with Crippen molar-refractivity contribution in [3.63, 3.8) is 0 Å². The second-order valence-electron chi connectivity index (χ2n) is 11.4. The molecule has 0 aliphatic carbocycles. The molecule has 260 valence electrons. The summed E-state index contributed by atoms with van der Waals surface area (Å²) in [6.45, 7) is 1.36. The molecular weight excluding hydrogens is 767 g/mol. The Kier molecular flexibility index (Phi) is 13.1. The zero-order chi connectivity index (χ0) is 34.8. The van der Waals surface area contributed by atoms with E-state index in [0.29, 0.717) is 60.1 Å². The van der Waals surface area contributed by atoms with Crippen LogP contribution in [0, 0.1) is 13.7 Å². The molecule has 0 spiro atoms. The van der Waals surface area contributed by atoms with E-state index in [2.05, 4.69) is 53.5 Å². The Morgan fingerprint density at radius 1 is 1.02 bits per heavy atom. The molecule has 4 atom stereocenters. The molecule has 3 heterocycles. The average molecular weight is 805 g/mol. The molecule has 17 heteroatoms. The highest BCUT2D eigenvalue weighted by atomic mass is 127. The Hall–Kier alpha value is -3.91. The van der Waals surface area contributed by atoms with Crippen molar-refractivity contribution in [1.29, 1.82) is 0 Å². The summed E-state index contributed by atoms with van der Waals surface area (Å²) in [5.74, 6) is 1.32. The minimum Gasteiger partial charge on any atom is -0.387 e. The molecule has 1 aliphatic rings. The highest BCUT2D eigenvalue weighted by Crippen LogP contribution is 2.33. The molecule has 5 N–H and O–H groups in total. The summed E-state index contributed by atoms with van der Waals surface area (Å²) in [5, 5.41) is 41.4. The van der Waals surface area contributed by atoms with Crippen molar-refractivity contribution in [3.8, 4) is 0 Å². The molecule has 2 amide bonds. The number of nitro benzene ring substituents is 1. The number of fused-ring (bicyclic) bond motifs is 1. The molecule has 49 heavy (non-hydrogen) atoms. The van der Waals surface area contributed by atoms with Gasteiger partial charge in [-0.25, -0.2) is 15.0 Å². The Morgan fingerprint density at radius 2 is 1.84 bits per heavy atom. The van der Waals surface area contributed by atoms with Crippen molar-refractivity contribution < 1.29 is 29.5 Å². The maximum absolute atomic E-state index is 12.2. The van der Waals surface area contributed by atoms with Crippen LogP contribution in [0.5, 0.6) is 0 Å². The SMILES string of the molecule is O=C(CCCCCNC(=O)c1cccc(I)c1)NCCSC[C@H]1O[C@@H](n2cnc3c(NCc4ccc([N+](=O)[O-])cc4)ncnc32)[C@H](O)[C@@H]1O. The number of rotatable bonds is 17. The van der Waals surface area contributed by atoms with Crippen molar-refractivity contribution in [2.45, 2.75) is 56.8 Å². The molecule has 4 aromatic rings. The number of anilines is 1. The van der Waals surface area contributed by atoms with E-state index in [-0.39, 0.29) is 17.5 Å². The number of nitro groups is 1. The Labute approximate surface area is 299 Å². The van der Waals surface area contributed by atoms with E-state index in [1.807, 2.05) is 18.2 Å². The second-order valence-corrected chi connectivity index (χ2v) is 13.8. The molecule has 1 saturated heterocycles. The maximum atomic E-state index is 12.2. The fraction of sp³-hybridized carbons (Fsp3) is 0.406. The van der Waals surface area contributed by atoms with E-state index in [1.54, 1.807) is 22.8 Å². The molecule has 0 radical (unpaired) electrons. The van der Waals surface area contributed by atoms with Gasteiger partial charge in [0.15, 0.2) is 23.2 Å². The predicted molar refractivity (Wildman–Crippen MR) is 192 cm³/mol. The number of aliphatic hydroxyl groups is 2. The maximum Gasteiger partial charge on any atom is 0.269 e. The number of carbonyl (C=O) groups excluding carboxylic acids is 2. The molecule has 0 saturated carbocycles. The number of hydrogen-bond donors (Lipinski definition) is 5. The van der Waals surface area contributed by atoms with Gasteiger partial charge in [-0.1, -0.05) is 24.6 Å². The molecule has 0 bridgehead atoms. The molecular formula is C32H37IN8O7S. The second kappa shape index (κ2) is 17.7. The summed E-state index contributed by atoms with van der Waals surface area (Å²) >= 11 is 3.67. The highest BCUT2D eigenvalue weighted by Gasteiger charge is 2.44. The number of carbonyl (C=O) groups is 2. The van der Waals surface area contributed by atoms with Crippen LogP contribution in [0.2, 0.25) is 0 Å². The largest absolute Gasteiger partial charge is 0.387 e. The summed E-state index contributed by atoms with van der Waals surface area (Å²) in [5.41, 5.74) is 2.29. The fourth-order valence-electron chi connectivity index (χ4n) is 5.26. The number of amides is 2. The van der Waals surface area contributed by atoms with Gasteiger partial charge in [-0.2, -0.15) is 11.8 Å². The van der Waals surface area contributed by atoms with Gasteiger partial charge in [-0.3, -0.25) is 24.3 Å². The quantitative estimate of drug-likeness (QED) is 0.0451. The average Bonchev–Trinajstić information content (AvgIpc) is 3.65. The fourth-order valence-corrected chi connectivity index (χ4v) is 6.72. The van der Waals surface area contributed by atoms with Crippen molar-refractivity contribution in [2.24, 2.45) is 0 Å². The van der Waals surface area contributed by atoms with Gasteiger partial charge in [-0.05, 0) is 59.2 Å². The van der Waals surface area contributed by atoms with Crippen LogP contribution < -0.4 is 16.0 Å². The molecule has 1 aliphatic heterocycles. The number of aliphatic hydroxyl groups excluding tert-OH is 2. The molecule has 0 unspecified atom stereocenters. The van der Waals surface area contributed by atoms with Crippen molar-refractivity contribution in [2.75, 3.05) is 29.9 Å². The van der Waals surface area contributed by atoms with Gasteiger partial charge in [-0.15, -0.1) is 0 Å². The van der Waals surface area contributed by atoms with E-state index in [0.717, 1.165) is 28.4 Å². The van der Waals surface area contributed by atoms with Gasteiger partial charge in [0.05, 0.1) is 17.4 Å². The van der Waals surface area contributed by atoms with Crippen LogP contribution in [0.4, 0.5) is 11.5 Å². The zero-order valence-electron chi connectivity index (χ0n) is 26.4. The summed E-state index contributed by atoms with van der Waals surface area (Å²) in [4.78, 5) is 47.9. The van der Waals surface area contributed by atoms with Crippen molar-refractivity contribution in [3.05, 3.63) is 86.0 Å².